The van der Waals surface area contributed by atoms with E-state index < -0.39 is 15.6 Å². The molecule has 0 spiro atoms. The first-order valence-corrected chi connectivity index (χ1v) is 8.84. The summed E-state index contributed by atoms with van der Waals surface area (Å²) in [4.78, 5) is 0. The first-order chi connectivity index (χ1) is 9.99. The maximum atomic E-state index is 12.6. The molecule has 7 nitrogen and oxygen atoms in total. The topological polar surface area (TPSA) is 96.1 Å². The third kappa shape index (κ3) is 3.63. The number of ether oxygens (including phenoxy) is 1. The highest BCUT2D eigenvalue weighted by molar-refractivity contribution is 7.89. The van der Waals surface area contributed by atoms with E-state index in [1.165, 1.54) is 0 Å². The lowest BCUT2D eigenvalue weighted by Crippen LogP contribution is -2.49. The van der Waals surface area contributed by atoms with Gasteiger partial charge in [0.2, 0.25) is 0 Å². The van der Waals surface area contributed by atoms with Gasteiger partial charge in [0.25, 0.3) is 10.0 Å². The maximum Gasteiger partial charge on any atom is 0.258 e. The van der Waals surface area contributed by atoms with E-state index in [-0.39, 0.29) is 5.03 Å². The largest absolute Gasteiger partial charge is 0.381 e. The SMILES string of the molecule is CC1(NS(=O)(=O)c2[nH]ncc2CNC2CC2)CCOCC1. The molecule has 0 atom stereocenters. The second-order valence-corrected chi connectivity index (χ2v) is 7.78. The summed E-state index contributed by atoms with van der Waals surface area (Å²) < 4.78 is 33.3. The molecule has 1 aliphatic carbocycles. The summed E-state index contributed by atoms with van der Waals surface area (Å²) in [5, 5.41) is 10.0. The van der Waals surface area contributed by atoms with Crippen LogP contribution in [0.4, 0.5) is 0 Å². The first-order valence-electron chi connectivity index (χ1n) is 7.36. The summed E-state index contributed by atoms with van der Waals surface area (Å²) in [5.41, 5.74) is 0.230. The Kier molecular flexibility index (Phi) is 4.04. The van der Waals surface area contributed by atoms with Crippen molar-refractivity contribution in [2.75, 3.05) is 13.2 Å². The van der Waals surface area contributed by atoms with E-state index in [1.54, 1.807) is 6.20 Å². The van der Waals surface area contributed by atoms with Crippen LogP contribution in [-0.2, 0) is 21.3 Å². The average molecular weight is 314 g/mol. The lowest BCUT2D eigenvalue weighted by atomic mass is 9.94. The molecule has 1 saturated carbocycles. The van der Waals surface area contributed by atoms with E-state index in [9.17, 15) is 8.42 Å². The molecule has 0 unspecified atom stereocenters. The van der Waals surface area contributed by atoms with Gasteiger partial charge < -0.3 is 10.1 Å². The summed E-state index contributed by atoms with van der Waals surface area (Å²) in [6, 6.07) is 0.524. The number of H-pyrrole nitrogens is 1. The molecule has 8 heteroatoms. The van der Waals surface area contributed by atoms with Gasteiger partial charge in [-0.1, -0.05) is 0 Å². The van der Waals surface area contributed by atoms with E-state index in [0.29, 0.717) is 44.2 Å². The highest BCUT2D eigenvalue weighted by Gasteiger charge is 2.34. The van der Waals surface area contributed by atoms with E-state index in [4.69, 9.17) is 4.74 Å². The second kappa shape index (κ2) is 5.68. The Morgan fingerprint density at radius 2 is 2.14 bits per heavy atom. The summed E-state index contributed by atoms with van der Waals surface area (Å²) in [5.74, 6) is 0. The van der Waals surface area contributed by atoms with E-state index in [1.807, 2.05) is 6.92 Å². The van der Waals surface area contributed by atoms with Crippen molar-refractivity contribution in [2.45, 2.75) is 55.8 Å². The minimum atomic E-state index is -3.60. The van der Waals surface area contributed by atoms with Crippen molar-refractivity contribution in [1.82, 2.24) is 20.2 Å². The summed E-state index contributed by atoms with van der Waals surface area (Å²) >= 11 is 0. The number of hydrogen-bond donors (Lipinski definition) is 3. The lowest BCUT2D eigenvalue weighted by molar-refractivity contribution is 0.0537. The fourth-order valence-electron chi connectivity index (χ4n) is 2.50. The van der Waals surface area contributed by atoms with Crippen LogP contribution in [0.3, 0.4) is 0 Å². The fourth-order valence-corrected chi connectivity index (χ4v) is 4.10. The van der Waals surface area contributed by atoms with Gasteiger partial charge in [-0.05, 0) is 32.6 Å². The van der Waals surface area contributed by atoms with Gasteiger partial charge in [-0.25, -0.2) is 13.1 Å². The van der Waals surface area contributed by atoms with Crippen molar-refractivity contribution in [3.8, 4) is 0 Å². The molecule has 1 aromatic rings. The zero-order valence-electron chi connectivity index (χ0n) is 12.2. The molecule has 1 saturated heterocycles. The lowest BCUT2D eigenvalue weighted by Gasteiger charge is -2.33. The minimum Gasteiger partial charge on any atom is -0.381 e. The van der Waals surface area contributed by atoms with Gasteiger partial charge in [0.05, 0.1) is 6.20 Å². The third-order valence-electron chi connectivity index (χ3n) is 4.08. The molecule has 0 bridgehead atoms. The molecule has 118 valence electrons. The van der Waals surface area contributed by atoms with Crippen LogP contribution in [0.15, 0.2) is 11.2 Å². The molecule has 3 N–H and O–H groups in total. The number of nitrogens with zero attached hydrogens (tertiary/aromatic N) is 1. The van der Waals surface area contributed by atoms with Gasteiger partial charge in [0, 0.05) is 36.9 Å². The average Bonchev–Trinajstić information content (AvgIpc) is 3.12. The van der Waals surface area contributed by atoms with Crippen molar-refractivity contribution in [3.05, 3.63) is 11.8 Å². The van der Waals surface area contributed by atoms with Crippen LogP contribution in [0, 0.1) is 0 Å². The van der Waals surface area contributed by atoms with Gasteiger partial charge in [-0.2, -0.15) is 5.10 Å². The number of aromatic amines is 1. The molecular formula is C13H22N4O3S. The molecule has 2 aliphatic rings. The number of rotatable bonds is 6. The monoisotopic (exact) mass is 314 g/mol. The van der Waals surface area contributed by atoms with Crippen LogP contribution in [0.1, 0.15) is 38.2 Å². The van der Waals surface area contributed by atoms with Crippen molar-refractivity contribution in [1.29, 1.82) is 0 Å². The molecule has 0 amide bonds. The first kappa shape index (κ1) is 15.0. The van der Waals surface area contributed by atoms with Crippen LogP contribution in [0.5, 0.6) is 0 Å². The fraction of sp³-hybridized carbons (Fsp3) is 0.769. The molecule has 21 heavy (non-hydrogen) atoms. The summed E-state index contributed by atoms with van der Waals surface area (Å²) in [6.07, 6.45) is 5.26. The normalized spacial score (nSPS) is 22.3. The zero-order chi connectivity index (χ0) is 14.9. The molecule has 3 rings (SSSR count). The van der Waals surface area contributed by atoms with Gasteiger partial charge in [-0.15, -0.1) is 0 Å². The van der Waals surface area contributed by atoms with Crippen molar-refractivity contribution in [2.24, 2.45) is 0 Å². The molecule has 0 radical (unpaired) electrons. The molecule has 2 fully saturated rings. The van der Waals surface area contributed by atoms with Crippen LogP contribution in [0.25, 0.3) is 0 Å². The standard InChI is InChI=1S/C13H22N4O3S/c1-13(4-6-20-7-5-13)17-21(18,19)12-10(9-15-16-12)8-14-11-2-3-11/h9,11,14,17H,2-8H2,1H3,(H,15,16). The van der Waals surface area contributed by atoms with Crippen molar-refractivity contribution < 1.29 is 13.2 Å². The highest BCUT2D eigenvalue weighted by Crippen LogP contribution is 2.24. The maximum absolute atomic E-state index is 12.6. The Morgan fingerprint density at radius 1 is 1.43 bits per heavy atom. The van der Waals surface area contributed by atoms with Crippen LogP contribution >= 0.6 is 0 Å². The minimum absolute atomic E-state index is 0.170. The summed E-state index contributed by atoms with van der Waals surface area (Å²) in [6.45, 7) is 3.61. The Bertz CT molecular complexity index is 588. The number of hydrogen-bond acceptors (Lipinski definition) is 5. The Hall–Kier alpha value is -0.960. The zero-order valence-corrected chi connectivity index (χ0v) is 13.0. The molecular weight excluding hydrogens is 292 g/mol. The molecule has 1 aromatic heterocycles. The van der Waals surface area contributed by atoms with Crippen LogP contribution < -0.4 is 10.0 Å². The van der Waals surface area contributed by atoms with E-state index in [2.05, 4.69) is 20.2 Å². The van der Waals surface area contributed by atoms with Gasteiger partial charge in [-0.3, -0.25) is 5.10 Å². The van der Waals surface area contributed by atoms with Gasteiger partial charge in [0.15, 0.2) is 5.03 Å². The van der Waals surface area contributed by atoms with Crippen molar-refractivity contribution in [3.63, 3.8) is 0 Å². The van der Waals surface area contributed by atoms with Gasteiger partial charge >= 0.3 is 0 Å². The van der Waals surface area contributed by atoms with Crippen LogP contribution in [-0.4, -0.2) is 43.4 Å². The quantitative estimate of drug-likeness (QED) is 0.711. The van der Waals surface area contributed by atoms with E-state index >= 15 is 0 Å². The number of nitrogens with one attached hydrogen (secondary N) is 3. The van der Waals surface area contributed by atoms with Gasteiger partial charge in [0.1, 0.15) is 0 Å². The Balaban J connectivity index is 1.73. The Labute approximate surface area is 124 Å². The predicted molar refractivity (Wildman–Crippen MR) is 77.2 cm³/mol. The highest BCUT2D eigenvalue weighted by atomic mass is 32.2. The predicted octanol–water partition coefficient (Wildman–Crippen LogP) is 0.509. The summed E-state index contributed by atoms with van der Waals surface area (Å²) in [7, 11) is -3.60. The molecule has 0 aromatic carbocycles. The molecule has 2 heterocycles. The Morgan fingerprint density at radius 3 is 2.81 bits per heavy atom. The van der Waals surface area contributed by atoms with E-state index in [0.717, 1.165) is 12.8 Å². The molecule has 1 aliphatic heterocycles. The third-order valence-corrected chi connectivity index (χ3v) is 5.73. The second-order valence-electron chi connectivity index (χ2n) is 6.16. The number of sulfonamides is 1. The van der Waals surface area contributed by atoms with Crippen LogP contribution in [0.2, 0.25) is 0 Å². The smallest absolute Gasteiger partial charge is 0.258 e. The van der Waals surface area contributed by atoms with Crippen molar-refractivity contribution >= 4 is 10.0 Å². The number of aromatic nitrogens is 2.